The van der Waals surface area contributed by atoms with Crippen LogP contribution in [-0.2, 0) is 4.79 Å². The number of hydrogen-bond donors (Lipinski definition) is 0. The Labute approximate surface area is 159 Å². The predicted molar refractivity (Wildman–Crippen MR) is 98.9 cm³/mol. The highest BCUT2D eigenvalue weighted by atomic mass is 79.9. The normalized spacial score (nSPS) is 10.0. The van der Waals surface area contributed by atoms with Crippen molar-refractivity contribution < 1.29 is 14.3 Å². The van der Waals surface area contributed by atoms with Crippen LogP contribution >= 0.6 is 27.5 Å². The molecule has 25 heavy (non-hydrogen) atoms. The average Bonchev–Trinajstić information content (AvgIpc) is 2.61. The van der Waals surface area contributed by atoms with Crippen molar-refractivity contribution in [3.05, 3.63) is 57.5 Å². The van der Waals surface area contributed by atoms with Crippen LogP contribution < -0.4 is 9.47 Å². The number of rotatable bonds is 7. The number of carbonyl (C=O) groups is 1. The highest BCUT2D eigenvalue weighted by Gasteiger charge is 2.11. The number of nitriles is 1. The van der Waals surface area contributed by atoms with Gasteiger partial charge in [0, 0.05) is 11.5 Å². The number of halogens is 2. The third kappa shape index (κ3) is 5.96. The summed E-state index contributed by atoms with van der Waals surface area (Å²) in [4.78, 5) is 13.6. The van der Waals surface area contributed by atoms with E-state index in [-0.39, 0.29) is 12.5 Å². The molecule has 1 amide bonds. The van der Waals surface area contributed by atoms with Gasteiger partial charge >= 0.3 is 0 Å². The fraction of sp³-hybridized carbons (Fsp3) is 0.222. The molecule has 0 aliphatic heterocycles. The van der Waals surface area contributed by atoms with E-state index in [4.69, 9.17) is 26.3 Å². The summed E-state index contributed by atoms with van der Waals surface area (Å²) in [7, 11) is 1.68. The van der Waals surface area contributed by atoms with Gasteiger partial charge in [-0.25, -0.2) is 0 Å². The van der Waals surface area contributed by atoms with Gasteiger partial charge in [0.25, 0.3) is 5.91 Å². The maximum atomic E-state index is 12.1. The molecule has 0 atom stereocenters. The molecule has 0 N–H and O–H groups in total. The zero-order chi connectivity index (χ0) is 18.2. The molecule has 0 saturated carbocycles. The third-order valence-electron chi connectivity index (χ3n) is 3.35. The Bertz CT molecular complexity index is 775. The Kier molecular flexibility index (Phi) is 7.11. The highest BCUT2D eigenvalue weighted by Crippen LogP contribution is 2.25. The third-order valence-corrected chi connectivity index (χ3v) is 4.17. The Morgan fingerprint density at radius 3 is 2.60 bits per heavy atom. The van der Waals surface area contributed by atoms with Crippen LogP contribution in [0.2, 0.25) is 5.02 Å². The number of carbonyl (C=O) groups excluding carboxylic acids is 1. The molecule has 0 fully saturated rings. The van der Waals surface area contributed by atoms with Crippen molar-refractivity contribution in [3.63, 3.8) is 0 Å². The van der Waals surface area contributed by atoms with Crippen molar-refractivity contribution >= 4 is 33.4 Å². The molecule has 2 aromatic rings. The molecule has 2 aromatic carbocycles. The van der Waals surface area contributed by atoms with Crippen LogP contribution in [0.15, 0.2) is 46.9 Å². The quantitative estimate of drug-likeness (QED) is 0.678. The van der Waals surface area contributed by atoms with E-state index in [1.165, 1.54) is 11.0 Å². The van der Waals surface area contributed by atoms with Gasteiger partial charge in [-0.15, -0.1) is 0 Å². The van der Waals surface area contributed by atoms with Crippen molar-refractivity contribution in [3.8, 4) is 17.6 Å². The summed E-state index contributed by atoms with van der Waals surface area (Å²) in [5, 5.41) is 9.10. The minimum atomic E-state index is -0.195. The molecule has 0 unspecified atom stereocenters. The molecular formula is C18H16BrClN2O3. The fourth-order valence-corrected chi connectivity index (χ4v) is 2.39. The molecule has 0 radical (unpaired) electrons. The summed E-state index contributed by atoms with van der Waals surface area (Å²) < 4.78 is 12.0. The fourth-order valence-electron chi connectivity index (χ4n) is 1.89. The molecule has 7 heteroatoms. The van der Waals surface area contributed by atoms with Gasteiger partial charge < -0.3 is 14.4 Å². The summed E-state index contributed by atoms with van der Waals surface area (Å²) in [6, 6.07) is 14.1. The summed E-state index contributed by atoms with van der Waals surface area (Å²) in [6.45, 7) is 0.668. The molecule has 0 bridgehead atoms. The average molecular weight is 424 g/mol. The van der Waals surface area contributed by atoms with Gasteiger partial charge in [-0.05, 0) is 42.5 Å². The van der Waals surface area contributed by atoms with E-state index in [2.05, 4.69) is 15.9 Å². The van der Waals surface area contributed by atoms with Gasteiger partial charge in [-0.1, -0.05) is 27.5 Å². The predicted octanol–water partition coefficient (Wildman–Crippen LogP) is 3.89. The number of amides is 1. The molecule has 0 aliphatic carbocycles. The topological polar surface area (TPSA) is 62.6 Å². The first-order valence-corrected chi connectivity index (χ1v) is 8.61. The zero-order valence-electron chi connectivity index (χ0n) is 13.5. The number of benzene rings is 2. The maximum Gasteiger partial charge on any atom is 0.260 e. The second kappa shape index (κ2) is 9.30. The van der Waals surface area contributed by atoms with Crippen LogP contribution in [0.1, 0.15) is 5.56 Å². The standard InChI is InChI=1S/C18H16BrClN2O3/c1-22(8-9-24-15-5-3-14(19)4-6-15)18(23)12-25-17-7-2-13(11-21)10-16(17)20/h2-7,10H,8-9,12H2,1H3. The SMILES string of the molecule is CN(CCOc1ccc(Br)cc1)C(=O)COc1ccc(C#N)cc1Cl. The van der Waals surface area contributed by atoms with Gasteiger partial charge in [0.15, 0.2) is 6.61 Å². The second-order valence-corrected chi connectivity index (χ2v) is 6.49. The smallest absolute Gasteiger partial charge is 0.260 e. The lowest BCUT2D eigenvalue weighted by Crippen LogP contribution is -2.34. The molecule has 5 nitrogen and oxygen atoms in total. The van der Waals surface area contributed by atoms with E-state index in [9.17, 15) is 4.79 Å². The van der Waals surface area contributed by atoms with E-state index in [1.807, 2.05) is 30.3 Å². The first kappa shape index (κ1) is 19.1. The van der Waals surface area contributed by atoms with Gasteiger partial charge in [-0.3, -0.25) is 4.79 Å². The Morgan fingerprint density at radius 2 is 1.96 bits per heavy atom. The molecule has 0 heterocycles. The molecule has 0 saturated heterocycles. The molecular weight excluding hydrogens is 408 g/mol. The van der Waals surface area contributed by atoms with Crippen LogP contribution in [0.4, 0.5) is 0 Å². The monoisotopic (exact) mass is 422 g/mol. The van der Waals surface area contributed by atoms with Gasteiger partial charge in [0.1, 0.15) is 18.1 Å². The van der Waals surface area contributed by atoms with Crippen LogP contribution in [-0.4, -0.2) is 37.6 Å². The number of hydrogen-bond acceptors (Lipinski definition) is 4. The highest BCUT2D eigenvalue weighted by molar-refractivity contribution is 9.10. The van der Waals surface area contributed by atoms with Crippen LogP contribution in [0.25, 0.3) is 0 Å². The summed E-state index contributed by atoms with van der Waals surface area (Å²) in [5.74, 6) is 0.915. The Balaban J connectivity index is 1.76. The van der Waals surface area contributed by atoms with Crippen molar-refractivity contribution in [2.24, 2.45) is 0 Å². The molecule has 2 rings (SSSR count). The van der Waals surface area contributed by atoms with Crippen molar-refractivity contribution in [2.75, 3.05) is 26.8 Å². The van der Waals surface area contributed by atoms with Crippen LogP contribution in [0.3, 0.4) is 0 Å². The van der Waals surface area contributed by atoms with E-state index >= 15 is 0 Å². The molecule has 0 spiro atoms. The van der Waals surface area contributed by atoms with Gasteiger partial charge in [-0.2, -0.15) is 5.26 Å². The lowest BCUT2D eigenvalue weighted by molar-refractivity contribution is -0.132. The van der Waals surface area contributed by atoms with E-state index in [0.29, 0.717) is 29.5 Å². The number of likely N-dealkylation sites (N-methyl/N-ethyl adjacent to an activating group) is 1. The van der Waals surface area contributed by atoms with Crippen LogP contribution in [0, 0.1) is 11.3 Å². The zero-order valence-corrected chi connectivity index (χ0v) is 15.9. The van der Waals surface area contributed by atoms with Crippen LogP contribution in [0.5, 0.6) is 11.5 Å². The summed E-state index contributed by atoms with van der Waals surface area (Å²) >= 11 is 9.37. The number of ether oxygens (including phenoxy) is 2. The van der Waals surface area contributed by atoms with E-state index < -0.39 is 0 Å². The van der Waals surface area contributed by atoms with Gasteiger partial charge in [0.05, 0.1) is 23.2 Å². The van der Waals surface area contributed by atoms with Gasteiger partial charge in [0.2, 0.25) is 0 Å². The Morgan fingerprint density at radius 1 is 1.24 bits per heavy atom. The largest absolute Gasteiger partial charge is 0.492 e. The van der Waals surface area contributed by atoms with Crippen molar-refractivity contribution in [1.82, 2.24) is 4.90 Å². The summed E-state index contributed by atoms with van der Waals surface area (Å²) in [5.41, 5.74) is 0.436. The minimum Gasteiger partial charge on any atom is -0.492 e. The van der Waals surface area contributed by atoms with Crippen molar-refractivity contribution in [1.29, 1.82) is 5.26 Å². The molecule has 0 aromatic heterocycles. The van der Waals surface area contributed by atoms with Crippen molar-refractivity contribution in [2.45, 2.75) is 0 Å². The lowest BCUT2D eigenvalue weighted by Gasteiger charge is -2.18. The first-order chi connectivity index (χ1) is 12.0. The molecule has 130 valence electrons. The Hall–Kier alpha value is -2.23. The summed E-state index contributed by atoms with van der Waals surface area (Å²) in [6.07, 6.45) is 0. The number of nitrogens with zero attached hydrogens (tertiary/aromatic N) is 2. The van der Waals surface area contributed by atoms with E-state index in [1.54, 1.807) is 19.2 Å². The van der Waals surface area contributed by atoms with E-state index in [0.717, 1.165) is 10.2 Å². The molecule has 0 aliphatic rings. The first-order valence-electron chi connectivity index (χ1n) is 7.44. The second-order valence-electron chi connectivity index (χ2n) is 5.16. The minimum absolute atomic E-state index is 0.138. The lowest BCUT2D eigenvalue weighted by atomic mass is 10.2. The maximum absolute atomic E-state index is 12.1.